The van der Waals surface area contributed by atoms with Gasteiger partial charge in [-0.2, -0.15) is 0 Å². The molecule has 1 atom stereocenters. The summed E-state index contributed by atoms with van der Waals surface area (Å²) in [4.78, 5) is 0. The molecule has 0 aromatic heterocycles. The molecule has 0 aromatic carbocycles. The summed E-state index contributed by atoms with van der Waals surface area (Å²) in [5, 5.41) is 9.93. The number of nitrogens with two attached hydrogens (primary N) is 1. The van der Waals surface area contributed by atoms with Crippen molar-refractivity contribution in [1.29, 1.82) is 0 Å². The van der Waals surface area contributed by atoms with Crippen LogP contribution >= 0.6 is 0 Å². The van der Waals surface area contributed by atoms with E-state index in [1.807, 2.05) is 13.8 Å². The molecule has 1 radical (unpaired) electrons. The average molecular weight is 224 g/mol. The minimum Gasteiger partial charge on any atom is -0.427 e. The first-order valence-electron chi connectivity index (χ1n) is 5.90. The zero-order valence-electron chi connectivity index (χ0n) is 10.8. The molecule has 1 rings (SSSR count). The summed E-state index contributed by atoms with van der Waals surface area (Å²) in [7, 11) is 1.77. The van der Waals surface area contributed by atoms with E-state index in [1.54, 1.807) is 21.3 Å². The van der Waals surface area contributed by atoms with Gasteiger partial charge in [-0.15, -0.1) is 0 Å². The van der Waals surface area contributed by atoms with E-state index in [9.17, 15) is 5.11 Å². The molecule has 1 aliphatic carbocycles. The minimum atomic E-state index is -0.866. The monoisotopic (exact) mass is 224 g/mol. The molecule has 1 aliphatic rings. The molecule has 4 heteroatoms. The second-order valence-corrected chi connectivity index (χ2v) is 5.62. The summed E-state index contributed by atoms with van der Waals surface area (Å²) < 4.78 is 5.68. The summed E-state index contributed by atoms with van der Waals surface area (Å²) in [6.45, 7) is 7.29. The SMILES string of the molecule is CC(C)(O)C(C)(C)O[B]C1=CCC(N)CC1. The van der Waals surface area contributed by atoms with Crippen LogP contribution in [0.5, 0.6) is 0 Å². The third-order valence-electron chi connectivity index (χ3n) is 3.46. The van der Waals surface area contributed by atoms with Gasteiger partial charge in [0.15, 0.2) is 0 Å². The van der Waals surface area contributed by atoms with Crippen molar-refractivity contribution in [3.8, 4) is 0 Å². The van der Waals surface area contributed by atoms with Gasteiger partial charge >= 0.3 is 7.48 Å². The van der Waals surface area contributed by atoms with Gasteiger partial charge in [0.25, 0.3) is 0 Å². The molecule has 0 aliphatic heterocycles. The number of rotatable bonds is 4. The van der Waals surface area contributed by atoms with Crippen molar-refractivity contribution in [3.05, 3.63) is 11.5 Å². The molecule has 1 unspecified atom stereocenters. The van der Waals surface area contributed by atoms with Crippen LogP contribution in [0.25, 0.3) is 0 Å². The normalized spacial score (nSPS) is 22.9. The lowest BCUT2D eigenvalue weighted by molar-refractivity contribution is -0.0897. The van der Waals surface area contributed by atoms with Crippen LogP contribution in [0, 0.1) is 0 Å². The molecule has 3 N–H and O–H groups in total. The third kappa shape index (κ3) is 3.61. The lowest BCUT2D eigenvalue weighted by atomic mass is 9.76. The van der Waals surface area contributed by atoms with Gasteiger partial charge in [0.2, 0.25) is 0 Å². The van der Waals surface area contributed by atoms with Crippen molar-refractivity contribution in [2.45, 2.75) is 64.2 Å². The van der Waals surface area contributed by atoms with Gasteiger partial charge in [0.1, 0.15) is 0 Å². The quantitative estimate of drug-likeness (QED) is 0.712. The molecule has 91 valence electrons. The molecule has 0 amide bonds. The first-order chi connectivity index (χ1) is 7.22. The van der Waals surface area contributed by atoms with E-state index in [0.29, 0.717) is 6.04 Å². The number of aliphatic hydroxyl groups is 1. The lowest BCUT2D eigenvalue weighted by Crippen LogP contribution is -2.48. The third-order valence-corrected chi connectivity index (χ3v) is 3.46. The lowest BCUT2D eigenvalue weighted by Gasteiger charge is -2.38. The molecular weight excluding hydrogens is 201 g/mol. The van der Waals surface area contributed by atoms with E-state index in [-0.39, 0.29) is 0 Å². The summed E-state index contributed by atoms with van der Waals surface area (Å²) in [6.07, 6.45) is 5.00. The maximum absolute atomic E-state index is 9.93. The predicted molar refractivity (Wildman–Crippen MR) is 67.1 cm³/mol. The fourth-order valence-corrected chi connectivity index (χ4v) is 1.35. The first-order valence-corrected chi connectivity index (χ1v) is 5.90. The van der Waals surface area contributed by atoms with Crippen molar-refractivity contribution in [2.24, 2.45) is 5.73 Å². The van der Waals surface area contributed by atoms with Crippen molar-refractivity contribution in [2.75, 3.05) is 0 Å². The van der Waals surface area contributed by atoms with E-state index in [0.717, 1.165) is 19.3 Å². The molecule has 0 spiro atoms. The van der Waals surface area contributed by atoms with Gasteiger partial charge in [-0.25, -0.2) is 0 Å². The van der Waals surface area contributed by atoms with Gasteiger partial charge in [-0.1, -0.05) is 11.5 Å². The molecule has 0 aromatic rings. The number of allylic oxidation sites excluding steroid dienone is 1. The molecule has 0 saturated carbocycles. The Morgan fingerprint density at radius 2 is 2.06 bits per heavy atom. The fraction of sp³-hybridized carbons (Fsp3) is 0.833. The Morgan fingerprint density at radius 3 is 2.50 bits per heavy atom. The van der Waals surface area contributed by atoms with Crippen LogP contribution < -0.4 is 5.73 Å². The highest BCUT2D eigenvalue weighted by molar-refractivity contribution is 6.38. The van der Waals surface area contributed by atoms with Crippen LogP contribution in [0.15, 0.2) is 11.5 Å². The summed E-state index contributed by atoms with van der Waals surface area (Å²) in [6, 6.07) is 0.291. The smallest absolute Gasteiger partial charge is 0.326 e. The van der Waals surface area contributed by atoms with Gasteiger partial charge in [-0.3, -0.25) is 0 Å². The maximum atomic E-state index is 9.93. The highest BCUT2D eigenvalue weighted by atomic mass is 16.5. The second-order valence-electron chi connectivity index (χ2n) is 5.62. The van der Waals surface area contributed by atoms with Gasteiger partial charge in [-0.05, 0) is 47.0 Å². The van der Waals surface area contributed by atoms with Gasteiger partial charge in [0.05, 0.1) is 11.2 Å². The fourth-order valence-electron chi connectivity index (χ4n) is 1.35. The highest BCUT2D eigenvalue weighted by Gasteiger charge is 2.35. The Morgan fingerprint density at radius 1 is 1.44 bits per heavy atom. The molecule has 0 heterocycles. The van der Waals surface area contributed by atoms with Crippen LogP contribution in [0.1, 0.15) is 47.0 Å². The summed E-state index contributed by atoms with van der Waals surface area (Å²) in [5.74, 6) is 0. The van der Waals surface area contributed by atoms with E-state index in [2.05, 4.69) is 6.08 Å². The highest BCUT2D eigenvalue weighted by Crippen LogP contribution is 2.26. The summed E-state index contributed by atoms with van der Waals surface area (Å²) in [5.41, 5.74) is 5.53. The van der Waals surface area contributed by atoms with E-state index < -0.39 is 11.2 Å². The van der Waals surface area contributed by atoms with Gasteiger partial charge < -0.3 is 15.5 Å². The zero-order valence-corrected chi connectivity index (χ0v) is 10.8. The van der Waals surface area contributed by atoms with Crippen molar-refractivity contribution in [1.82, 2.24) is 0 Å². The first kappa shape index (κ1) is 13.7. The average Bonchev–Trinajstić information content (AvgIpc) is 2.15. The Hall–Kier alpha value is -0.315. The molecule has 0 saturated heterocycles. The topological polar surface area (TPSA) is 55.5 Å². The Labute approximate surface area is 99.3 Å². The van der Waals surface area contributed by atoms with E-state index in [4.69, 9.17) is 10.4 Å². The van der Waals surface area contributed by atoms with Crippen molar-refractivity contribution < 1.29 is 9.76 Å². The predicted octanol–water partition coefficient (Wildman–Crippen LogP) is 1.57. The van der Waals surface area contributed by atoms with Crippen LogP contribution in [0.2, 0.25) is 0 Å². The van der Waals surface area contributed by atoms with Crippen LogP contribution in [0.3, 0.4) is 0 Å². The van der Waals surface area contributed by atoms with Crippen LogP contribution in [0.4, 0.5) is 0 Å². The second kappa shape index (κ2) is 4.90. The molecule has 0 bridgehead atoms. The maximum Gasteiger partial charge on any atom is 0.326 e. The Balaban J connectivity index is 2.46. The van der Waals surface area contributed by atoms with Gasteiger partial charge in [0, 0.05) is 6.04 Å². The molecule has 16 heavy (non-hydrogen) atoms. The minimum absolute atomic E-state index is 0.291. The van der Waals surface area contributed by atoms with Crippen molar-refractivity contribution >= 4 is 7.48 Å². The van der Waals surface area contributed by atoms with Crippen LogP contribution in [-0.2, 0) is 4.65 Å². The Kier molecular flexibility index (Phi) is 4.21. The number of hydrogen-bond acceptors (Lipinski definition) is 3. The van der Waals surface area contributed by atoms with Crippen LogP contribution in [-0.4, -0.2) is 29.8 Å². The van der Waals surface area contributed by atoms with E-state index >= 15 is 0 Å². The zero-order chi connectivity index (χ0) is 12.4. The molecule has 3 nitrogen and oxygen atoms in total. The van der Waals surface area contributed by atoms with Crippen molar-refractivity contribution in [3.63, 3.8) is 0 Å². The summed E-state index contributed by atoms with van der Waals surface area (Å²) >= 11 is 0. The Bertz CT molecular complexity index is 269. The molecule has 0 fully saturated rings. The number of hydrogen-bond donors (Lipinski definition) is 2. The van der Waals surface area contributed by atoms with E-state index in [1.165, 1.54) is 5.47 Å². The largest absolute Gasteiger partial charge is 0.427 e. The molecular formula is C12H23BNO2. The standard InChI is InChI=1S/C12H23BNO2/c1-11(2,15)12(3,4)16-13-9-5-7-10(14)8-6-9/h5,10,15H,6-8,14H2,1-4H3.